The highest BCUT2D eigenvalue weighted by Gasteiger charge is 2.28. The molecule has 2 aromatic carbocycles. The molecule has 7 heteroatoms. The van der Waals surface area contributed by atoms with Crippen LogP contribution in [-0.2, 0) is 14.8 Å². The number of carbonyl (C=O) groups excluding carboxylic acids is 1. The van der Waals surface area contributed by atoms with E-state index >= 15 is 0 Å². The predicted octanol–water partition coefficient (Wildman–Crippen LogP) is 3.27. The summed E-state index contributed by atoms with van der Waals surface area (Å²) in [6.45, 7) is 7.22. The van der Waals surface area contributed by atoms with Gasteiger partial charge in [-0.2, -0.15) is 4.31 Å². The Morgan fingerprint density at radius 1 is 1.07 bits per heavy atom. The fraction of sp³-hybridized carbons (Fsp3) is 0.350. The van der Waals surface area contributed by atoms with Crippen molar-refractivity contribution in [3.63, 3.8) is 0 Å². The van der Waals surface area contributed by atoms with Gasteiger partial charge in [0.2, 0.25) is 15.9 Å². The molecule has 0 aromatic heterocycles. The summed E-state index contributed by atoms with van der Waals surface area (Å²) in [7, 11) is -2.45. The molecule has 0 saturated heterocycles. The van der Waals surface area contributed by atoms with Crippen LogP contribution in [-0.4, -0.2) is 38.8 Å². The molecule has 2 rings (SSSR count). The van der Waals surface area contributed by atoms with Crippen molar-refractivity contribution < 1.29 is 17.9 Å². The Balaban J connectivity index is 2.27. The van der Waals surface area contributed by atoms with Gasteiger partial charge in [0.15, 0.2) is 0 Å². The molecule has 0 aliphatic rings. The van der Waals surface area contributed by atoms with Crippen LogP contribution in [0, 0.1) is 20.8 Å². The minimum absolute atomic E-state index is 0.0615. The molecule has 0 fully saturated rings. The van der Waals surface area contributed by atoms with Crippen molar-refractivity contribution in [1.82, 2.24) is 4.31 Å². The normalized spacial score (nSPS) is 11.5. The maximum Gasteiger partial charge on any atom is 0.247 e. The lowest BCUT2D eigenvalue weighted by molar-refractivity contribution is -0.116. The van der Waals surface area contributed by atoms with Crippen molar-refractivity contribution in [2.45, 2.75) is 32.6 Å². The zero-order chi connectivity index (χ0) is 20.2. The molecule has 0 aliphatic heterocycles. The number of rotatable bonds is 7. The van der Waals surface area contributed by atoms with Crippen LogP contribution in [0.15, 0.2) is 41.3 Å². The van der Waals surface area contributed by atoms with Gasteiger partial charge in [0, 0.05) is 12.2 Å². The number of hydrogen-bond donors (Lipinski definition) is 1. The number of aryl methyl sites for hydroxylation is 3. The van der Waals surface area contributed by atoms with Crippen molar-refractivity contribution in [3.8, 4) is 5.75 Å². The summed E-state index contributed by atoms with van der Waals surface area (Å²) < 4.78 is 32.5. The second-order valence-electron chi connectivity index (χ2n) is 6.45. The topological polar surface area (TPSA) is 75.7 Å². The van der Waals surface area contributed by atoms with Crippen LogP contribution in [0.4, 0.5) is 5.69 Å². The summed E-state index contributed by atoms with van der Waals surface area (Å²) in [5.74, 6) is -0.130. The molecule has 0 bridgehead atoms. The first kappa shape index (κ1) is 20.9. The average Bonchev–Trinajstić information content (AvgIpc) is 2.62. The van der Waals surface area contributed by atoms with Gasteiger partial charge in [-0.25, -0.2) is 8.42 Å². The molecular weight excluding hydrogens is 364 g/mol. The van der Waals surface area contributed by atoms with Crippen molar-refractivity contribution in [3.05, 3.63) is 53.1 Å². The third kappa shape index (κ3) is 4.87. The summed E-state index contributed by atoms with van der Waals surface area (Å²) in [6, 6.07) is 10.7. The Bertz CT molecular complexity index is 939. The van der Waals surface area contributed by atoms with Crippen molar-refractivity contribution in [2.75, 3.05) is 25.5 Å². The molecule has 146 valence electrons. The Morgan fingerprint density at radius 2 is 1.70 bits per heavy atom. The molecule has 0 atom stereocenters. The smallest absolute Gasteiger partial charge is 0.247 e. The number of hydrogen-bond acceptors (Lipinski definition) is 4. The molecule has 0 unspecified atom stereocenters. The minimum Gasteiger partial charge on any atom is -0.495 e. The maximum atomic E-state index is 13.1. The molecule has 6 nitrogen and oxygen atoms in total. The van der Waals surface area contributed by atoms with Gasteiger partial charge >= 0.3 is 0 Å². The van der Waals surface area contributed by atoms with Gasteiger partial charge in [0.05, 0.1) is 13.7 Å². The van der Waals surface area contributed by atoms with Crippen LogP contribution < -0.4 is 10.1 Å². The van der Waals surface area contributed by atoms with Crippen LogP contribution in [0.25, 0.3) is 0 Å². The number of carbonyl (C=O) groups is 1. The highest BCUT2D eigenvalue weighted by Crippen LogP contribution is 2.27. The number of amides is 1. The lowest BCUT2D eigenvalue weighted by atomic mass is 10.1. The van der Waals surface area contributed by atoms with Gasteiger partial charge in [0.1, 0.15) is 10.6 Å². The molecule has 0 heterocycles. The fourth-order valence-corrected chi connectivity index (χ4v) is 4.36. The first-order valence-electron chi connectivity index (χ1n) is 8.71. The average molecular weight is 391 g/mol. The second kappa shape index (κ2) is 8.54. The maximum absolute atomic E-state index is 13.1. The Kier molecular flexibility index (Phi) is 6.62. The third-order valence-corrected chi connectivity index (χ3v) is 6.22. The molecule has 0 saturated carbocycles. The Hall–Kier alpha value is -2.38. The van der Waals surface area contributed by atoms with E-state index < -0.39 is 10.0 Å². The zero-order valence-corrected chi connectivity index (χ0v) is 17.2. The van der Waals surface area contributed by atoms with Crippen LogP contribution >= 0.6 is 0 Å². The fourth-order valence-electron chi connectivity index (χ4n) is 2.71. The van der Waals surface area contributed by atoms with E-state index in [2.05, 4.69) is 5.32 Å². The molecule has 1 N–H and O–H groups in total. The van der Waals surface area contributed by atoms with E-state index in [4.69, 9.17) is 4.74 Å². The van der Waals surface area contributed by atoms with E-state index in [0.717, 1.165) is 21.0 Å². The number of ether oxygens (including phenoxy) is 1. The summed E-state index contributed by atoms with van der Waals surface area (Å²) in [5, 5.41) is 2.80. The SMILES string of the molecule is CCN(CC(=O)Nc1cc(C)ccc1C)S(=O)(=O)c1cc(C)ccc1OC. The highest BCUT2D eigenvalue weighted by molar-refractivity contribution is 7.89. The largest absolute Gasteiger partial charge is 0.495 e. The minimum atomic E-state index is -3.87. The van der Waals surface area contributed by atoms with Gasteiger partial charge in [-0.15, -0.1) is 0 Å². The summed E-state index contributed by atoms with van der Waals surface area (Å²) in [4.78, 5) is 12.6. The first-order chi connectivity index (χ1) is 12.7. The van der Waals surface area contributed by atoms with Crippen LogP contribution in [0.5, 0.6) is 5.75 Å². The van der Waals surface area contributed by atoms with Crippen molar-refractivity contribution in [2.24, 2.45) is 0 Å². The van der Waals surface area contributed by atoms with Gasteiger partial charge in [-0.05, 0) is 55.7 Å². The molecule has 1 amide bonds. The van der Waals surface area contributed by atoms with E-state index in [1.807, 2.05) is 39.0 Å². The van der Waals surface area contributed by atoms with E-state index in [9.17, 15) is 13.2 Å². The van der Waals surface area contributed by atoms with Gasteiger partial charge in [0.25, 0.3) is 0 Å². The standard InChI is InChI=1S/C20H26N2O4S/c1-6-22(13-20(23)21-17-11-14(2)7-9-16(17)4)27(24,25)19-12-15(3)8-10-18(19)26-5/h7-12H,6,13H2,1-5H3,(H,21,23). The van der Waals surface area contributed by atoms with Gasteiger partial charge in [-0.1, -0.05) is 25.1 Å². The summed E-state index contributed by atoms with van der Waals surface area (Å²) in [6.07, 6.45) is 0. The predicted molar refractivity (Wildman–Crippen MR) is 107 cm³/mol. The number of likely N-dealkylation sites (N-methyl/N-ethyl adjacent to an activating group) is 1. The quantitative estimate of drug-likeness (QED) is 0.787. The van der Waals surface area contributed by atoms with Crippen molar-refractivity contribution in [1.29, 1.82) is 0 Å². The number of sulfonamides is 1. The zero-order valence-electron chi connectivity index (χ0n) is 16.4. The lowest BCUT2D eigenvalue weighted by Crippen LogP contribution is -2.38. The van der Waals surface area contributed by atoms with Crippen LogP contribution in [0.2, 0.25) is 0 Å². The number of methoxy groups -OCH3 is 1. The van der Waals surface area contributed by atoms with E-state index in [1.54, 1.807) is 25.1 Å². The van der Waals surface area contributed by atoms with Crippen LogP contribution in [0.3, 0.4) is 0 Å². The molecule has 27 heavy (non-hydrogen) atoms. The van der Waals surface area contributed by atoms with Crippen molar-refractivity contribution >= 4 is 21.6 Å². The molecule has 0 radical (unpaired) electrons. The number of nitrogens with one attached hydrogen (secondary N) is 1. The van der Waals surface area contributed by atoms with Crippen LogP contribution in [0.1, 0.15) is 23.6 Å². The Morgan fingerprint density at radius 3 is 2.33 bits per heavy atom. The molecular formula is C20H26N2O4S. The van der Waals surface area contributed by atoms with E-state index in [-0.39, 0.29) is 29.6 Å². The number of nitrogens with zero attached hydrogens (tertiary/aromatic N) is 1. The number of benzene rings is 2. The summed E-state index contributed by atoms with van der Waals surface area (Å²) >= 11 is 0. The van der Waals surface area contributed by atoms with E-state index in [1.165, 1.54) is 7.11 Å². The number of anilines is 1. The molecule has 2 aromatic rings. The van der Waals surface area contributed by atoms with Gasteiger partial charge in [-0.3, -0.25) is 4.79 Å². The second-order valence-corrected chi connectivity index (χ2v) is 8.36. The third-order valence-electron chi connectivity index (χ3n) is 4.28. The monoisotopic (exact) mass is 390 g/mol. The summed E-state index contributed by atoms with van der Waals surface area (Å²) in [5.41, 5.74) is 3.41. The molecule has 0 spiro atoms. The van der Waals surface area contributed by atoms with E-state index in [0.29, 0.717) is 5.69 Å². The van der Waals surface area contributed by atoms with Gasteiger partial charge < -0.3 is 10.1 Å². The Labute approximate surface area is 161 Å². The lowest BCUT2D eigenvalue weighted by Gasteiger charge is -2.22. The highest BCUT2D eigenvalue weighted by atomic mass is 32.2. The first-order valence-corrected chi connectivity index (χ1v) is 10.1. The molecule has 0 aliphatic carbocycles.